The van der Waals surface area contributed by atoms with E-state index in [0.29, 0.717) is 6.54 Å². The molecule has 5 nitrogen and oxygen atoms in total. The lowest BCUT2D eigenvalue weighted by molar-refractivity contribution is 0.0199. The van der Waals surface area contributed by atoms with Gasteiger partial charge in [-0.25, -0.2) is 4.79 Å². The molecule has 0 bridgehead atoms. The van der Waals surface area contributed by atoms with Crippen LogP contribution in [0.4, 0.5) is 4.79 Å². The molecule has 1 aromatic carbocycles. The Morgan fingerprint density at radius 3 is 2.42 bits per heavy atom. The topological polar surface area (TPSA) is 77.1 Å². The van der Waals surface area contributed by atoms with E-state index in [1.807, 2.05) is 51.1 Å². The van der Waals surface area contributed by atoms with Crippen molar-refractivity contribution in [1.29, 1.82) is 10.5 Å². The van der Waals surface area contributed by atoms with Gasteiger partial charge < -0.3 is 9.64 Å². The number of likely N-dealkylation sites (tertiary alicyclic amines) is 1. The zero-order valence-electron chi connectivity index (χ0n) is 14.4. The largest absolute Gasteiger partial charge is 0.444 e. The van der Waals surface area contributed by atoms with Gasteiger partial charge in [-0.3, -0.25) is 0 Å². The summed E-state index contributed by atoms with van der Waals surface area (Å²) in [6.07, 6.45) is 1.23. The van der Waals surface area contributed by atoms with E-state index in [2.05, 4.69) is 12.1 Å². The van der Waals surface area contributed by atoms with Crippen molar-refractivity contribution in [3.8, 4) is 12.1 Å². The Morgan fingerprint density at radius 2 is 1.88 bits per heavy atom. The Hall–Kier alpha value is -2.53. The van der Waals surface area contributed by atoms with Gasteiger partial charge in [-0.2, -0.15) is 10.5 Å². The Balaban J connectivity index is 2.33. The molecule has 1 aromatic rings. The van der Waals surface area contributed by atoms with Crippen molar-refractivity contribution in [3.05, 3.63) is 35.9 Å². The Kier molecular flexibility index (Phi) is 5.46. The van der Waals surface area contributed by atoms with Crippen molar-refractivity contribution in [2.75, 3.05) is 6.54 Å². The summed E-state index contributed by atoms with van der Waals surface area (Å²) >= 11 is 0. The summed E-state index contributed by atoms with van der Waals surface area (Å²) in [7, 11) is 0. The van der Waals surface area contributed by atoms with E-state index < -0.39 is 11.5 Å². The maximum atomic E-state index is 12.5. The van der Waals surface area contributed by atoms with Crippen LogP contribution < -0.4 is 0 Å². The number of nitriles is 2. The van der Waals surface area contributed by atoms with Crippen LogP contribution in [0, 0.1) is 28.6 Å². The van der Waals surface area contributed by atoms with Crippen LogP contribution in [0.15, 0.2) is 30.3 Å². The predicted molar refractivity (Wildman–Crippen MR) is 89.9 cm³/mol. The molecule has 0 radical (unpaired) electrons. The smallest absolute Gasteiger partial charge is 0.410 e. The number of carbonyl (C=O) groups is 1. The van der Waals surface area contributed by atoms with E-state index >= 15 is 0 Å². The molecule has 1 amide bonds. The minimum absolute atomic E-state index is 0.202. The first-order valence-electron chi connectivity index (χ1n) is 8.21. The molecule has 1 saturated heterocycles. The summed E-state index contributed by atoms with van der Waals surface area (Å²) in [5.74, 6) is -1.14. The van der Waals surface area contributed by atoms with Crippen molar-refractivity contribution < 1.29 is 9.53 Å². The number of ether oxygens (including phenoxy) is 1. The lowest BCUT2D eigenvalue weighted by Crippen LogP contribution is -2.43. The average Bonchev–Trinajstić information content (AvgIpc) is 3.00. The number of rotatable bonds is 3. The van der Waals surface area contributed by atoms with Crippen LogP contribution in [0.25, 0.3) is 0 Å². The molecule has 0 spiro atoms. The molecule has 1 fully saturated rings. The van der Waals surface area contributed by atoms with Gasteiger partial charge in [0.2, 0.25) is 0 Å². The van der Waals surface area contributed by atoms with E-state index in [9.17, 15) is 15.3 Å². The number of amides is 1. The van der Waals surface area contributed by atoms with Gasteiger partial charge >= 0.3 is 6.09 Å². The maximum Gasteiger partial charge on any atom is 0.410 e. The SMILES string of the molecule is CC(C)(C)OC(=O)N1CCCC1C(c1ccccc1)C(C#N)C#N. The number of nitrogens with zero attached hydrogens (tertiary/aromatic N) is 3. The van der Waals surface area contributed by atoms with Gasteiger partial charge in [0.25, 0.3) is 0 Å². The highest BCUT2D eigenvalue weighted by Crippen LogP contribution is 2.37. The second-order valence-corrected chi connectivity index (χ2v) is 7.06. The third-order valence-electron chi connectivity index (χ3n) is 4.16. The fourth-order valence-electron chi connectivity index (χ4n) is 3.21. The summed E-state index contributed by atoms with van der Waals surface area (Å²) in [6, 6.07) is 13.5. The van der Waals surface area contributed by atoms with Crippen LogP contribution in [0.2, 0.25) is 0 Å². The first kappa shape index (κ1) is 17.8. The van der Waals surface area contributed by atoms with Crippen LogP contribution in [0.5, 0.6) is 0 Å². The normalized spacial score (nSPS) is 18.8. The number of hydrogen-bond donors (Lipinski definition) is 0. The van der Waals surface area contributed by atoms with Gasteiger partial charge in [0.1, 0.15) is 11.5 Å². The van der Waals surface area contributed by atoms with Crippen molar-refractivity contribution in [1.82, 2.24) is 4.90 Å². The molecule has 24 heavy (non-hydrogen) atoms. The maximum absolute atomic E-state index is 12.5. The highest BCUT2D eigenvalue weighted by Gasteiger charge is 2.41. The highest BCUT2D eigenvalue weighted by molar-refractivity contribution is 5.69. The van der Waals surface area contributed by atoms with E-state index in [0.717, 1.165) is 18.4 Å². The zero-order chi connectivity index (χ0) is 17.7. The molecule has 1 aliphatic rings. The molecule has 5 heteroatoms. The molecule has 126 valence electrons. The van der Waals surface area contributed by atoms with Gasteiger partial charge in [-0.05, 0) is 39.2 Å². The summed E-state index contributed by atoms with van der Waals surface area (Å²) in [6.45, 7) is 6.08. The molecule has 0 aliphatic carbocycles. The van der Waals surface area contributed by atoms with Crippen molar-refractivity contribution in [2.45, 2.75) is 51.2 Å². The van der Waals surface area contributed by atoms with Crippen LogP contribution in [0.1, 0.15) is 45.1 Å². The van der Waals surface area contributed by atoms with Gasteiger partial charge in [0.15, 0.2) is 0 Å². The summed E-state index contributed by atoms with van der Waals surface area (Å²) in [5.41, 5.74) is 0.335. The Bertz CT molecular complexity index is 638. The van der Waals surface area contributed by atoms with Gasteiger partial charge in [-0.1, -0.05) is 30.3 Å². The van der Waals surface area contributed by atoms with Crippen LogP contribution in [-0.2, 0) is 4.74 Å². The highest BCUT2D eigenvalue weighted by atomic mass is 16.6. The summed E-state index contributed by atoms with van der Waals surface area (Å²) < 4.78 is 5.51. The molecular weight excluding hydrogens is 302 g/mol. The monoisotopic (exact) mass is 325 g/mol. The van der Waals surface area contributed by atoms with Crippen molar-refractivity contribution in [3.63, 3.8) is 0 Å². The first-order valence-corrected chi connectivity index (χ1v) is 8.21. The van der Waals surface area contributed by atoms with E-state index in [1.54, 1.807) is 4.90 Å². The van der Waals surface area contributed by atoms with E-state index in [1.165, 1.54) is 0 Å². The summed E-state index contributed by atoms with van der Waals surface area (Å²) in [5, 5.41) is 18.8. The molecule has 0 aromatic heterocycles. The third kappa shape index (κ3) is 4.06. The lowest BCUT2D eigenvalue weighted by atomic mass is 9.81. The summed E-state index contributed by atoms with van der Waals surface area (Å²) in [4.78, 5) is 14.2. The predicted octanol–water partition coefficient (Wildman–Crippen LogP) is 3.83. The average molecular weight is 325 g/mol. The number of hydrogen-bond acceptors (Lipinski definition) is 4. The Labute approximate surface area is 143 Å². The molecule has 2 atom stereocenters. The number of carbonyl (C=O) groups excluding carboxylic acids is 1. The fourth-order valence-corrected chi connectivity index (χ4v) is 3.21. The zero-order valence-corrected chi connectivity index (χ0v) is 14.4. The third-order valence-corrected chi connectivity index (χ3v) is 4.16. The minimum Gasteiger partial charge on any atom is -0.444 e. The second kappa shape index (κ2) is 7.36. The lowest BCUT2D eigenvalue weighted by Gasteiger charge is -2.33. The van der Waals surface area contributed by atoms with Gasteiger partial charge in [-0.15, -0.1) is 0 Å². The van der Waals surface area contributed by atoms with Crippen LogP contribution in [-0.4, -0.2) is 29.2 Å². The van der Waals surface area contributed by atoms with Crippen molar-refractivity contribution in [2.24, 2.45) is 5.92 Å². The van der Waals surface area contributed by atoms with E-state index in [4.69, 9.17) is 4.74 Å². The standard InChI is InChI=1S/C19H23N3O2/c1-19(2,3)24-18(23)22-11-7-10-16(22)17(15(12-20)13-21)14-8-5-4-6-9-14/h4-6,8-9,15-17H,7,10-11H2,1-3H3. The molecule has 0 saturated carbocycles. The van der Waals surface area contributed by atoms with Crippen LogP contribution >= 0.6 is 0 Å². The molecule has 2 rings (SSSR count). The molecular formula is C19H23N3O2. The van der Waals surface area contributed by atoms with Gasteiger partial charge in [0.05, 0.1) is 12.1 Å². The van der Waals surface area contributed by atoms with E-state index in [-0.39, 0.29) is 18.1 Å². The molecule has 1 aliphatic heterocycles. The quantitative estimate of drug-likeness (QED) is 0.846. The first-order chi connectivity index (χ1) is 11.4. The van der Waals surface area contributed by atoms with Crippen LogP contribution in [0.3, 0.4) is 0 Å². The molecule has 0 N–H and O–H groups in total. The minimum atomic E-state index is -0.805. The van der Waals surface area contributed by atoms with Gasteiger partial charge in [0, 0.05) is 18.5 Å². The fraction of sp³-hybridized carbons (Fsp3) is 0.526. The Morgan fingerprint density at radius 1 is 1.25 bits per heavy atom. The second-order valence-electron chi connectivity index (χ2n) is 7.06. The van der Waals surface area contributed by atoms with Crippen molar-refractivity contribution >= 4 is 6.09 Å². The molecule has 2 unspecified atom stereocenters. The number of benzene rings is 1. The molecule has 1 heterocycles.